The molecule has 118 valence electrons. The molecule has 0 amide bonds. The van der Waals surface area contributed by atoms with Gasteiger partial charge in [-0.25, -0.2) is 0 Å². The first-order valence-corrected chi connectivity index (χ1v) is 8.81. The van der Waals surface area contributed by atoms with Crippen molar-refractivity contribution >= 4 is 17.7 Å². The molecule has 1 aromatic rings. The second kappa shape index (κ2) is 11.5. The second-order valence-corrected chi connectivity index (χ2v) is 5.98. The van der Waals surface area contributed by atoms with E-state index in [4.69, 9.17) is 0 Å². The molecule has 0 saturated heterocycles. The van der Waals surface area contributed by atoms with Crippen LogP contribution in [-0.4, -0.2) is 56.6 Å². The van der Waals surface area contributed by atoms with E-state index in [9.17, 15) is 0 Å². The number of hydrogen-bond donors (Lipinski definition) is 2. The number of nitrogens with zero attached hydrogens (tertiary/aromatic N) is 2. The molecule has 0 fully saturated rings. The second-order valence-electron chi connectivity index (χ2n) is 5.00. The average Bonchev–Trinajstić information content (AvgIpc) is 2.50. The molecule has 0 radical (unpaired) electrons. The van der Waals surface area contributed by atoms with Crippen LogP contribution in [0.1, 0.15) is 12.0 Å². The van der Waals surface area contributed by atoms with Crippen molar-refractivity contribution in [1.29, 1.82) is 0 Å². The van der Waals surface area contributed by atoms with Crippen molar-refractivity contribution in [2.75, 3.05) is 45.7 Å². The van der Waals surface area contributed by atoms with Crippen LogP contribution in [0.3, 0.4) is 0 Å². The molecule has 4 nitrogen and oxygen atoms in total. The third kappa shape index (κ3) is 8.63. The third-order valence-electron chi connectivity index (χ3n) is 3.13. The van der Waals surface area contributed by atoms with Crippen molar-refractivity contribution in [3.05, 3.63) is 35.9 Å². The van der Waals surface area contributed by atoms with E-state index in [-0.39, 0.29) is 0 Å². The summed E-state index contributed by atoms with van der Waals surface area (Å²) >= 11 is 1.84. The van der Waals surface area contributed by atoms with Gasteiger partial charge in [-0.1, -0.05) is 30.3 Å². The Hall–Kier alpha value is -1.20. The molecular formula is C16H28N4S. The van der Waals surface area contributed by atoms with Gasteiger partial charge in [0.25, 0.3) is 0 Å². The van der Waals surface area contributed by atoms with Gasteiger partial charge in [-0.05, 0) is 31.8 Å². The predicted octanol–water partition coefficient (Wildman–Crippen LogP) is 2.04. The summed E-state index contributed by atoms with van der Waals surface area (Å²) in [5, 5.41) is 6.65. The molecule has 2 N–H and O–H groups in total. The molecule has 21 heavy (non-hydrogen) atoms. The van der Waals surface area contributed by atoms with Gasteiger partial charge >= 0.3 is 0 Å². The highest BCUT2D eigenvalue weighted by Crippen LogP contribution is 2.02. The molecule has 1 aromatic carbocycles. The number of hydrogen-bond acceptors (Lipinski definition) is 3. The van der Waals surface area contributed by atoms with E-state index in [0.717, 1.165) is 44.3 Å². The first-order chi connectivity index (χ1) is 10.3. The summed E-state index contributed by atoms with van der Waals surface area (Å²) in [7, 11) is 3.98. The van der Waals surface area contributed by atoms with Crippen LogP contribution in [0.4, 0.5) is 0 Å². The Morgan fingerprint density at radius 3 is 2.57 bits per heavy atom. The van der Waals surface area contributed by atoms with Crippen LogP contribution in [0.5, 0.6) is 0 Å². The Kier molecular flexibility index (Phi) is 9.74. The minimum atomic E-state index is 0.898. The highest BCUT2D eigenvalue weighted by molar-refractivity contribution is 7.98. The average molecular weight is 308 g/mol. The van der Waals surface area contributed by atoms with E-state index < -0.39 is 0 Å². The minimum absolute atomic E-state index is 0.898. The van der Waals surface area contributed by atoms with Gasteiger partial charge < -0.3 is 15.5 Å². The Morgan fingerprint density at radius 1 is 1.19 bits per heavy atom. The van der Waals surface area contributed by atoms with E-state index >= 15 is 0 Å². The van der Waals surface area contributed by atoms with Gasteiger partial charge in [0.05, 0.1) is 0 Å². The fourth-order valence-corrected chi connectivity index (χ4v) is 2.33. The number of nitrogens with one attached hydrogen (secondary N) is 2. The van der Waals surface area contributed by atoms with E-state index in [2.05, 4.69) is 64.2 Å². The van der Waals surface area contributed by atoms with Crippen LogP contribution in [0, 0.1) is 0 Å². The van der Waals surface area contributed by atoms with Gasteiger partial charge in [0.2, 0.25) is 0 Å². The summed E-state index contributed by atoms with van der Waals surface area (Å²) in [6, 6.07) is 10.6. The summed E-state index contributed by atoms with van der Waals surface area (Å²) in [6.45, 7) is 3.97. The summed E-state index contributed by atoms with van der Waals surface area (Å²) in [4.78, 5) is 6.56. The van der Waals surface area contributed by atoms with Gasteiger partial charge in [0, 0.05) is 32.4 Å². The lowest BCUT2D eigenvalue weighted by atomic mass is 10.2. The first-order valence-electron chi connectivity index (χ1n) is 7.42. The molecule has 1 rings (SSSR count). The van der Waals surface area contributed by atoms with Crippen molar-refractivity contribution in [3.8, 4) is 0 Å². The first kappa shape index (κ1) is 17.9. The van der Waals surface area contributed by atoms with Crippen LogP contribution >= 0.6 is 11.8 Å². The van der Waals surface area contributed by atoms with Crippen molar-refractivity contribution in [2.24, 2.45) is 4.99 Å². The topological polar surface area (TPSA) is 39.7 Å². The van der Waals surface area contributed by atoms with Gasteiger partial charge in [0.1, 0.15) is 0 Å². The molecule has 0 atom stereocenters. The fourth-order valence-electron chi connectivity index (χ4n) is 2.02. The lowest BCUT2D eigenvalue weighted by Crippen LogP contribution is -2.39. The monoisotopic (exact) mass is 308 g/mol. The van der Waals surface area contributed by atoms with E-state index in [1.54, 1.807) is 0 Å². The minimum Gasteiger partial charge on any atom is -0.356 e. The zero-order valence-electron chi connectivity index (χ0n) is 13.4. The number of aliphatic imine (C=N–C) groups is 1. The molecule has 0 aliphatic heterocycles. The Bertz CT molecular complexity index is 395. The molecule has 0 spiro atoms. The van der Waals surface area contributed by atoms with Gasteiger partial charge in [0.15, 0.2) is 5.96 Å². The maximum atomic E-state index is 4.22. The SMILES string of the molecule is CN=C(NCCCN(C)Cc1ccccc1)NCCSC. The van der Waals surface area contributed by atoms with E-state index in [1.165, 1.54) is 5.56 Å². The zero-order valence-corrected chi connectivity index (χ0v) is 14.2. The smallest absolute Gasteiger partial charge is 0.191 e. The van der Waals surface area contributed by atoms with Crippen LogP contribution in [0.2, 0.25) is 0 Å². The number of rotatable bonds is 9. The van der Waals surface area contributed by atoms with Crippen LogP contribution in [0.25, 0.3) is 0 Å². The van der Waals surface area contributed by atoms with Gasteiger partial charge in [-0.3, -0.25) is 4.99 Å². The highest BCUT2D eigenvalue weighted by atomic mass is 32.2. The van der Waals surface area contributed by atoms with Crippen LogP contribution < -0.4 is 10.6 Å². The Morgan fingerprint density at radius 2 is 1.90 bits per heavy atom. The fraction of sp³-hybridized carbons (Fsp3) is 0.562. The van der Waals surface area contributed by atoms with Crippen molar-refractivity contribution in [3.63, 3.8) is 0 Å². The van der Waals surface area contributed by atoms with Crippen molar-refractivity contribution in [1.82, 2.24) is 15.5 Å². The molecule has 0 unspecified atom stereocenters. The van der Waals surface area contributed by atoms with Crippen LogP contribution in [-0.2, 0) is 6.54 Å². The molecular weight excluding hydrogens is 280 g/mol. The van der Waals surface area contributed by atoms with E-state index in [0.29, 0.717) is 0 Å². The zero-order chi connectivity index (χ0) is 15.3. The van der Waals surface area contributed by atoms with Crippen LogP contribution in [0.15, 0.2) is 35.3 Å². The molecule has 0 aliphatic carbocycles. The number of thioether (sulfide) groups is 1. The van der Waals surface area contributed by atoms with E-state index in [1.807, 2.05) is 18.8 Å². The summed E-state index contributed by atoms with van der Waals surface area (Å²) < 4.78 is 0. The summed E-state index contributed by atoms with van der Waals surface area (Å²) in [5.41, 5.74) is 1.36. The normalized spacial score (nSPS) is 11.7. The third-order valence-corrected chi connectivity index (χ3v) is 3.74. The van der Waals surface area contributed by atoms with Crippen molar-refractivity contribution < 1.29 is 0 Å². The predicted molar refractivity (Wildman–Crippen MR) is 95.1 cm³/mol. The summed E-state index contributed by atoms with van der Waals surface area (Å²) in [5.74, 6) is 2.00. The number of guanidine groups is 1. The Labute approximate surface area is 133 Å². The highest BCUT2D eigenvalue weighted by Gasteiger charge is 2.00. The maximum Gasteiger partial charge on any atom is 0.191 e. The standard InChI is InChI=1S/C16H28N4S/c1-17-16(19-11-13-21-3)18-10-7-12-20(2)14-15-8-5-4-6-9-15/h4-6,8-9H,7,10-14H2,1-3H3,(H2,17,18,19). The lowest BCUT2D eigenvalue weighted by Gasteiger charge is -2.17. The lowest BCUT2D eigenvalue weighted by molar-refractivity contribution is 0.322. The molecule has 0 bridgehead atoms. The van der Waals surface area contributed by atoms with Crippen molar-refractivity contribution in [2.45, 2.75) is 13.0 Å². The molecule has 0 saturated carbocycles. The molecule has 0 aliphatic rings. The van der Waals surface area contributed by atoms with Gasteiger partial charge in [-0.2, -0.15) is 11.8 Å². The Balaban J connectivity index is 2.12. The quantitative estimate of drug-likeness (QED) is 0.416. The number of benzene rings is 1. The molecule has 5 heteroatoms. The summed E-state index contributed by atoms with van der Waals surface area (Å²) in [6.07, 6.45) is 3.22. The largest absolute Gasteiger partial charge is 0.356 e. The maximum absolute atomic E-state index is 4.22. The molecule has 0 heterocycles. The molecule has 0 aromatic heterocycles. The van der Waals surface area contributed by atoms with Gasteiger partial charge in [-0.15, -0.1) is 0 Å².